The first-order valence-corrected chi connectivity index (χ1v) is 8.44. The molecule has 0 unspecified atom stereocenters. The van der Waals surface area contributed by atoms with Crippen LogP contribution in [0.5, 0.6) is 0 Å². The van der Waals surface area contributed by atoms with Crippen molar-refractivity contribution in [2.24, 2.45) is 0 Å². The summed E-state index contributed by atoms with van der Waals surface area (Å²) >= 11 is 0. The smallest absolute Gasteiger partial charge is 0.389 e. The minimum absolute atomic E-state index is 0.0488. The Hall–Kier alpha value is -1.29. The molecule has 0 bridgehead atoms. The predicted molar refractivity (Wildman–Crippen MR) is 89.3 cm³/mol. The van der Waals surface area contributed by atoms with E-state index in [2.05, 4.69) is 12.1 Å². The van der Waals surface area contributed by atoms with Gasteiger partial charge in [-0.1, -0.05) is 68.5 Å². The van der Waals surface area contributed by atoms with E-state index < -0.39 is 12.6 Å². The largest absolute Gasteiger partial charge is 0.392 e. The first-order valence-electron chi connectivity index (χ1n) is 8.44. The van der Waals surface area contributed by atoms with E-state index in [0.29, 0.717) is 6.42 Å². The normalized spacial score (nSPS) is 12.2. The van der Waals surface area contributed by atoms with Crippen LogP contribution < -0.4 is 0 Å². The fraction of sp³-hybridized carbons (Fsp3) is 0.579. The third-order valence-electron chi connectivity index (χ3n) is 3.79. The number of benzene rings is 1. The van der Waals surface area contributed by atoms with Crippen LogP contribution in [-0.2, 0) is 6.42 Å². The van der Waals surface area contributed by atoms with E-state index in [-0.39, 0.29) is 13.0 Å². The molecular formula is C19H27F3O. The van der Waals surface area contributed by atoms with Crippen LogP contribution in [0.15, 0.2) is 30.3 Å². The molecule has 0 aliphatic heterocycles. The molecule has 0 saturated heterocycles. The molecule has 130 valence electrons. The highest BCUT2D eigenvalue weighted by Gasteiger charge is 2.25. The van der Waals surface area contributed by atoms with Crippen LogP contribution in [0, 0.1) is 0 Å². The standard InChI is InChI=1S/C19H27F3O/c20-19(21,22)14-7-5-3-1-2-4-6-10-17-11-8-12-18(16-17)13-9-15-23/h8-9,11-13,16,23H,1-7,10,14-15H2. The van der Waals surface area contributed by atoms with Gasteiger partial charge in [-0.2, -0.15) is 13.2 Å². The van der Waals surface area contributed by atoms with Crippen molar-refractivity contribution in [1.29, 1.82) is 0 Å². The second-order valence-electron chi connectivity index (χ2n) is 5.92. The topological polar surface area (TPSA) is 20.2 Å². The first kappa shape index (κ1) is 19.8. The van der Waals surface area contributed by atoms with Gasteiger partial charge in [-0.15, -0.1) is 0 Å². The van der Waals surface area contributed by atoms with E-state index in [1.54, 1.807) is 6.08 Å². The van der Waals surface area contributed by atoms with Crippen molar-refractivity contribution in [2.45, 2.75) is 64.0 Å². The average molecular weight is 328 g/mol. The Morgan fingerprint density at radius 3 is 2.22 bits per heavy atom. The van der Waals surface area contributed by atoms with Crippen molar-refractivity contribution < 1.29 is 18.3 Å². The van der Waals surface area contributed by atoms with E-state index in [1.165, 1.54) is 5.56 Å². The zero-order valence-corrected chi connectivity index (χ0v) is 13.6. The summed E-state index contributed by atoms with van der Waals surface area (Å²) < 4.78 is 35.9. The van der Waals surface area contributed by atoms with Gasteiger partial charge in [0.25, 0.3) is 0 Å². The van der Waals surface area contributed by atoms with E-state index >= 15 is 0 Å². The van der Waals surface area contributed by atoms with Crippen LogP contribution in [0.2, 0.25) is 0 Å². The van der Waals surface area contributed by atoms with Crippen LogP contribution in [0.1, 0.15) is 62.5 Å². The molecule has 1 aromatic carbocycles. The van der Waals surface area contributed by atoms with Gasteiger partial charge in [0.15, 0.2) is 0 Å². The van der Waals surface area contributed by atoms with Crippen molar-refractivity contribution >= 4 is 6.08 Å². The van der Waals surface area contributed by atoms with Gasteiger partial charge in [0.2, 0.25) is 0 Å². The highest BCUT2D eigenvalue weighted by Crippen LogP contribution is 2.23. The molecule has 0 saturated carbocycles. The minimum Gasteiger partial charge on any atom is -0.392 e. The Morgan fingerprint density at radius 2 is 1.57 bits per heavy atom. The highest BCUT2D eigenvalue weighted by atomic mass is 19.4. The van der Waals surface area contributed by atoms with Gasteiger partial charge >= 0.3 is 6.18 Å². The molecule has 0 aliphatic rings. The Bertz CT molecular complexity index is 452. The number of hydrogen-bond acceptors (Lipinski definition) is 1. The summed E-state index contributed by atoms with van der Waals surface area (Å²) in [5.74, 6) is 0. The molecule has 0 aliphatic carbocycles. The molecule has 1 nitrogen and oxygen atoms in total. The number of halogens is 3. The number of aliphatic hydroxyl groups excluding tert-OH is 1. The molecule has 0 atom stereocenters. The van der Waals surface area contributed by atoms with Gasteiger partial charge in [-0.3, -0.25) is 0 Å². The number of aryl methyl sites for hydroxylation is 1. The number of aliphatic hydroxyl groups is 1. The molecule has 0 aromatic heterocycles. The molecular weight excluding hydrogens is 301 g/mol. The lowest BCUT2D eigenvalue weighted by Crippen LogP contribution is -2.06. The van der Waals surface area contributed by atoms with E-state index in [4.69, 9.17) is 5.11 Å². The van der Waals surface area contributed by atoms with Crippen LogP contribution in [0.4, 0.5) is 13.2 Å². The Morgan fingerprint density at radius 1 is 0.913 bits per heavy atom. The third kappa shape index (κ3) is 11.0. The fourth-order valence-corrected chi connectivity index (χ4v) is 2.58. The molecule has 0 amide bonds. The molecule has 1 aromatic rings. The first-order chi connectivity index (χ1) is 11.0. The summed E-state index contributed by atoms with van der Waals surface area (Å²) in [4.78, 5) is 0. The van der Waals surface area contributed by atoms with Gasteiger partial charge in [0.1, 0.15) is 0 Å². The Balaban J connectivity index is 2.06. The van der Waals surface area contributed by atoms with Crippen LogP contribution in [0.3, 0.4) is 0 Å². The summed E-state index contributed by atoms with van der Waals surface area (Å²) in [6.07, 6.45) is 6.19. The highest BCUT2D eigenvalue weighted by molar-refractivity contribution is 5.50. The summed E-state index contributed by atoms with van der Waals surface area (Å²) in [6.45, 7) is 0.0488. The summed E-state index contributed by atoms with van der Waals surface area (Å²) in [5, 5.41) is 8.77. The number of unbranched alkanes of at least 4 members (excludes halogenated alkanes) is 6. The zero-order chi connectivity index (χ0) is 17.0. The Labute approximate surface area is 137 Å². The monoisotopic (exact) mass is 328 g/mol. The third-order valence-corrected chi connectivity index (χ3v) is 3.79. The van der Waals surface area contributed by atoms with E-state index in [1.807, 2.05) is 18.2 Å². The lowest BCUT2D eigenvalue weighted by molar-refractivity contribution is -0.135. The predicted octanol–water partition coefficient (Wildman–Crippen LogP) is 5.92. The number of alkyl halides is 3. The van der Waals surface area contributed by atoms with Gasteiger partial charge in [0, 0.05) is 6.42 Å². The van der Waals surface area contributed by atoms with Crippen molar-refractivity contribution in [3.05, 3.63) is 41.5 Å². The SMILES string of the molecule is OCC=Cc1cccc(CCCCCCCCCC(F)(F)F)c1. The zero-order valence-electron chi connectivity index (χ0n) is 13.6. The van der Waals surface area contributed by atoms with Crippen molar-refractivity contribution in [1.82, 2.24) is 0 Å². The second-order valence-corrected chi connectivity index (χ2v) is 5.92. The van der Waals surface area contributed by atoms with Gasteiger partial charge < -0.3 is 5.11 Å². The summed E-state index contributed by atoms with van der Waals surface area (Å²) in [7, 11) is 0. The average Bonchev–Trinajstić information content (AvgIpc) is 2.50. The number of rotatable bonds is 11. The number of hydrogen-bond donors (Lipinski definition) is 1. The molecule has 0 heterocycles. The van der Waals surface area contributed by atoms with Crippen LogP contribution >= 0.6 is 0 Å². The summed E-state index contributed by atoms with van der Waals surface area (Å²) in [6, 6.07) is 8.26. The molecule has 1 rings (SSSR count). The van der Waals surface area contributed by atoms with E-state index in [9.17, 15) is 13.2 Å². The van der Waals surface area contributed by atoms with Gasteiger partial charge in [0.05, 0.1) is 6.61 Å². The Kier molecular flexibility index (Phi) is 9.69. The maximum Gasteiger partial charge on any atom is 0.389 e. The lowest BCUT2D eigenvalue weighted by atomic mass is 10.0. The molecule has 0 fully saturated rings. The van der Waals surface area contributed by atoms with Crippen molar-refractivity contribution in [2.75, 3.05) is 6.61 Å². The van der Waals surface area contributed by atoms with E-state index in [0.717, 1.165) is 44.1 Å². The molecule has 4 heteroatoms. The van der Waals surface area contributed by atoms with Crippen LogP contribution in [-0.4, -0.2) is 17.9 Å². The maximum absolute atomic E-state index is 12.0. The molecule has 0 spiro atoms. The van der Waals surface area contributed by atoms with Crippen molar-refractivity contribution in [3.8, 4) is 0 Å². The van der Waals surface area contributed by atoms with Crippen LogP contribution in [0.25, 0.3) is 6.08 Å². The quantitative estimate of drug-likeness (QED) is 0.500. The lowest BCUT2D eigenvalue weighted by Gasteiger charge is -2.06. The molecule has 23 heavy (non-hydrogen) atoms. The molecule has 0 radical (unpaired) electrons. The van der Waals surface area contributed by atoms with Gasteiger partial charge in [-0.05, 0) is 30.4 Å². The maximum atomic E-state index is 12.0. The second kappa shape index (κ2) is 11.3. The fourth-order valence-electron chi connectivity index (χ4n) is 2.58. The minimum atomic E-state index is -4.00. The van der Waals surface area contributed by atoms with Gasteiger partial charge in [-0.25, -0.2) is 0 Å². The van der Waals surface area contributed by atoms with Crippen molar-refractivity contribution in [3.63, 3.8) is 0 Å². The molecule has 1 N–H and O–H groups in total. The summed E-state index contributed by atoms with van der Waals surface area (Å²) in [5.41, 5.74) is 2.39.